The summed E-state index contributed by atoms with van der Waals surface area (Å²) < 4.78 is 6.03. The lowest BCUT2D eigenvalue weighted by atomic mass is 10.2. The average Bonchev–Trinajstić information content (AvgIpc) is 4.20. The Balaban J connectivity index is 0.000000180. The molecule has 0 bridgehead atoms. The maximum Gasteiger partial charge on any atom is 0.335 e. The zero-order valence-corrected chi connectivity index (χ0v) is 39.8. The third kappa shape index (κ3) is 9.70. The summed E-state index contributed by atoms with van der Waals surface area (Å²) >= 11 is 0. The number of amides is 4. The summed E-state index contributed by atoms with van der Waals surface area (Å²) in [7, 11) is 0. The van der Waals surface area contributed by atoms with Gasteiger partial charge >= 0.3 is 11.4 Å². The van der Waals surface area contributed by atoms with Crippen LogP contribution in [0.4, 0.5) is 23.1 Å². The Bertz CT molecular complexity index is 3710. The Labute approximate surface area is 416 Å². The molecule has 0 radical (unpaired) electrons. The van der Waals surface area contributed by atoms with Crippen LogP contribution in [0.1, 0.15) is 65.1 Å². The summed E-state index contributed by atoms with van der Waals surface area (Å²) in [6.45, 7) is 6.80. The van der Waals surface area contributed by atoms with E-state index < -0.39 is 0 Å². The van der Waals surface area contributed by atoms with Gasteiger partial charge in [-0.05, 0) is 124 Å². The largest absolute Gasteiger partial charge is 0.382 e. The van der Waals surface area contributed by atoms with Crippen LogP contribution in [0.15, 0.2) is 119 Å². The first-order chi connectivity index (χ1) is 35.3. The van der Waals surface area contributed by atoms with Gasteiger partial charge in [0.25, 0.3) is 23.6 Å². The predicted molar refractivity (Wildman–Crippen MR) is 274 cm³/mol. The first-order valence-corrected chi connectivity index (χ1v) is 23.1. The van der Waals surface area contributed by atoms with Crippen LogP contribution >= 0.6 is 0 Å². The van der Waals surface area contributed by atoms with Crippen molar-refractivity contribution in [1.82, 2.24) is 53.0 Å². The van der Waals surface area contributed by atoms with Crippen molar-refractivity contribution >= 4 is 69.1 Å². The molecule has 2 fully saturated rings. The summed E-state index contributed by atoms with van der Waals surface area (Å²) in [6, 6.07) is 25.4. The van der Waals surface area contributed by atoms with Crippen LogP contribution in [-0.4, -0.2) is 103 Å². The average molecular weight is 978 g/mol. The number of benzene rings is 3. The highest BCUT2D eigenvalue weighted by Gasteiger charge is 2.33. The molecule has 21 heteroatoms. The molecule has 2 atom stereocenters. The number of hydrogen-bond acceptors (Lipinski definition) is 13. The van der Waals surface area contributed by atoms with Crippen molar-refractivity contribution in [2.24, 2.45) is 0 Å². The molecule has 2 saturated heterocycles. The van der Waals surface area contributed by atoms with Crippen molar-refractivity contribution in [3.8, 4) is 35.1 Å². The lowest BCUT2D eigenvalue weighted by Gasteiger charge is -2.14. The summed E-state index contributed by atoms with van der Waals surface area (Å²) in [5.74, 6) is 10.0. The van der Waals surface area contributed by atoms with Crippen LogP contribution < -0.4 is 33.5 Å². The van der Waals surface area contributed by atoms with Crippen LogP contribution in [0.25, 0.3) is 33.7 Å². The fourth-order valence-electron chi connectivity index (χ4n) is 8.96. The molecule has 0 saturated carbocycles. The van der Waals surface area contributed by atoms with Gasteiger partial charge in [0.1, 0.15) is 29.5 Å². The number of nitrogens with one attached hydrogen (secondary N) is 2. The van der Waals surface area contributed by atoms with Crippen LogP contribution in [-0.2, 0) is 9.59 Å². The molecule has 73 heavy (non-hydrogen) atoms. The second-order valence-corrected chi connectivity index (χ2v) is 17.1. The highest BCUT2D eigenvalue weighted by Crippen LogP contribution is 2.30. The Morgan fingerprint density at radius 2 is 1.08 bits per heavy atom. The normalized spacial score (nSPS) is 14.9. The van der Waals surface area contributed by atoms with Crippen LogP contribution in [0.5, 0.6) is 0 Å². The van der Waals surface area contributed by atoms with E-state index >= 15 is 0 Å². The van der Waals surface area contributed by atoms with Crippen molar-refractivity contribution < 1.29 is 19.2 Å². The van der Waals surface area contributed by atoms with E-state index in [9.17, 15) is 28.8 Å². The molecule has 21 nitrogen and oxygen atoms in total. The van der Waals surface area contributed by atoms with Crippen molar-refractivity contribution in [3.63, 3.8) is 0 Å². The number of imidazole rings is 2. The minimum atomic E-state index is -0.357. The number of hydrogen-bond donors (Lipinski definition) is 4. The lowest BCUT2D eigenvalue weighted by molar-refractivity contribution is -0.125. The van der Waals surface area contributed by atoms with E-state index in [-0.39, 0.29) is 58.7 Å². The van der Waals surface area contributed by atoms with Gasteiger partial charge in [0.15, 0.2) is 22.9 Å². The second kappa shape index (κ2) is 20.6. The summed E-state index contributed by atoms with van der Waals surface area (Å²) in [6.07, 6.45) is 5.42. The highest BCUT2D eigenvalue weighted by molar-refractivity contribution is 6.05. The minimum absolute atomic E-state index is 0.149. The first kappa shape index (κ1) is 48.1. The maximum atomic E-state index is 13.7. The smallest absolute Gasteiger partial charge is 0.335 e. The number of carbonyl (C=O) groups excluding carboxylic acids is 4. The predicted octanol–water partition coefficient (Wildman–Crippen LogP) is 4.13. The number of carbonyl (C=O) groups is 4. The number of rotatable bonds is 8. The first-order valence-electron chi connectivity index (χ1n) is 23.1. The number of fused-ring (bicyclic) bond motifs is 2. The SMILES string of the molecule is CC#CC(=O)N1CC[C@@H](n2c(=O)n(-c3ccc(C(=O)Nc4cc(C)ccn4)cc3)c3c(N)ncnc32)C1.CC#CC(=O)N1CC[C@@H](n2c(=O)n(-c3ccc(NC(=O)c4ccccc4)cc3)c3c(N)ncnc32)C1. The van der Waals surface area contributed by atoms with E-state index in [1.54, 1.807) is 118 Å². The van der Waals surface area contributed by atoms with Crippen LogP contribution in [0, 0.1) is 30.6 Å². The van der Waals surface area contributed by atoms with Gasteiger partial charge in [0.2, 0.25) is 0 Å². The second-order valence-electron chi connectivity index (χ2n) is 17.1. The molecule has 4 amide bonds. The maximum absolute atomic E-state index is 13.7. The number of nitrogen functional groups attached to an aromatic ring is 2. The molecular weight excluding hydrogens is 931 g/mol. The molecule has 0 aliphatic carbocycles. The Morgan fingerprint density at radius 3 is 1.58 bits per heavy atom. The molecule has 6 N–H and O–H groups in total. The van der Waals surface area contributed by atoms with E-state index in [1.165, 1.54) is 21.8 Å². The van der Waals surface area contributed by atoms with Crippen LogP contribution in [0.3, 0.4) is 0 Å². The number of likely N-dealkylation sites (tertiary alicyclic amines) is 2. The summed E-state index contributed by atoms with van der Waals surface area (Å²) in [5.41, 5.74) is 16.8. The zero-order chi connectivity index (χ0) is 51.3. The topological polar surface area (TPSA) is 269 Å². The van der Waals surface area contributed by atoms with Crippen molar-refractivity contribution in [1.29, 1.82) is 0 Å². The van der Waals surface area contributed by atoms with Gasteiger partial charge in [0, 0.05) is 49.2 Å². The van der Waals surface area contributed by atoms with E-state index in [4.69, 9.17) is 11.5 Å². The summed E-state index contributed by atoms with van der Waals surface area (Å²) in [4.78, 5) is 101. The fourth-order valence-corrected chi connectivity index (χ4v) is 8.96. The van der Waals surface area contributed by atoms with Crippen molar-refractivity contribution in [2.75, 3.05) is 48.3 Å². The Kier molecular flexibility index (Phi) is 13.6. The quantitative estimate of drug-likeness (QED) is 0.156. The Hall–Kier alpha value is -9.89. The molecule has 3 aromatic carbocycles. The number of aromatic nitrogens is 9. The molecule has 2 aliphatic rings. The van der Waals surface area contributed by atoms with Crippen molar-refractivity contribution in [2.45, 2.75) is 45.7 Å². The molecular formula is C52H47N15O6. The number of aryl methyl sites for hydroxylation is 1. The van der Waals surface area contributed by atoms with Crippen molar-refractivity contribution in [3.05, 3.63) is 148 Å². The van der Waals surface area contributed by atoms with E-state index in [0.29, 0.717) is 95.4 Å². The van der Waals surface area contributed by atoms with Gasteiger partial charge in [-0.15, -0.1) is 0 Å². The molecule has 2 aliphatic heterocycles. The third-order valence-electron chi connectivity index (χ3n) is 12.4. The van der Waals surface area contributed by atoms with Gasteiger partial charge in [-0.3, -0.25) is 37.4 Å². The number of nitrogens with two attached hydrogens (primary N) is 2. The van der Waals surface area contributed by atoms with Crippen LogP contribution in [0.2, 0.25) is 0 Å². The van der Waals surface area contributed by atoms with Gasteiger partial charge in [-0.2, -0.15) is 0 Å². The molecule has 0 spiro atoms. The molecule has 10 rings (SSSR count). The molecule has 0 unspecified atom stereocenters. The number of nitrogens with zero attached hydrogens (tertiary/aromatic N) is 11. The van der Waals surface area contributed by atoms with E-state index in [1.807, 2.05) is 19.1 Å². The monoisotopic (exact) mass is 977 g/mol. The van der Waals surface area contributed by atoms with Gasteiger partial charge in [0.05, 0.1) is 23.5 Å². The molecule has 8 aromatic rings. The zero-order valence-electron chi connectivity index (χ0n) is 39.8. The van der Waals surface area contributed by atoms with Gasteiger partial charge in [-0.1, -0.05) is 30.0 Å². The molecule has 366 valence electrons. The standard InChI is InChI=1S/C26H24N8O3.C26H23N7O3/c1-3-4-21(35)32-12-10-19(14-32)34-24-22(23(27)29-15-30-24)33(26(34)37)18-7-5-17(6-8-18)25(36)31-20-13-16(2)9-11-28-20;1-2-6-21(34)31-14-13-20(15-31)33-24-22(23(27)28-16-29-24)32(26(33)36)19-11-9-18(10-12-19)30-25(35)17-7-4-3-5-8-17/h5-9,11,13,15,19H,10,12,14H2,1-2H3,(H2,27,29,30)(H,28,31,36);3-5,7-12,16,20H,13-15H2,1H3,(H,30,35)(H2,27,28,29)/t19-;20-/m11/s1. The minimum Gasteiger partial charge on any atom is -0.382 e. The summed E-state index contributed by atoms with van der Waals surface area (Å²) in [5, 5.41) is 5.61. The molecule has 7 heterocycles. The highest BCUT2D eigenvalue weighted by atomic mass is 16.2. The van der Waals surface area contributed by atoms with Gasteiger partial charge in [-0.25, -0.2) is 34.5 Å². The lowest BCUT2D eigenvalue weighted by Crippen LogP contribution is -2.31. The number of pyridine rings is 1. The van der Waals surface area contributed by atoms with E-state index in [0.717, 1.165) is 5.56 Å². The third-order valence-corrected chi connectivity index (χ3v) is 12.4. The fraction of sp³-hybridized carbons (Fsp3) is 0.212. The molecule has 5 aromatic heterocycles. The van der Waals surface area contributed by atoms with E-state index in [2.05, 4.69) is 59.2 Å². The Morgan fingerprint density at radius 1 is 0.603 bits per heavy atom. The van der Waals surface area contributed by atoms with Gasteiger partial charge < -0.3 is 31.9 Å². The number of anilines is 4.